The van der Waals surface area contributed by atoms with Gasteiger partial charge in [0.2, 0.25) is 0 Å². The molecule has 0 saturated heterocycles. The van der Waals surface area contributed by atoms with Gasteiger partial charge < -0.3 is 4.74 Å². The van der Waals surface area contributed by atoms with E-state index in [2.05, 4.69) is 6.07 Å². The Bertz CT molecular complexity index is 526. The minimum Gasteiger partial charge on any atom is -0.488 e. The molecule has 4 heteroatoms. The number of benzene rings is 2. The van der Waals surface area contributed by atoms with Gasteiger partial charge in [0.25, 0.3) is 6.43 Å². The molecule has 0 aliphatic heterocycles. The summed E-state index contributed by atoms with van der Waals surface area (Å²) in [5.41, 5.74) is 2.01. The van der Waals surface area contributed by atoms with E-state index in [-0.39, 0.29) is 0 Å². The number of ether oxygens (including phenoxy) is 1. The van der Waals surface area contributed by atoms with Crippen LogP contribution in [0.5, 0.6) is 5.75 Å². The molecule has 0 atom stereocenters. The fourth-order valence-electron chi connectivity index (χ4n) is 1.67. The van der Waals surface area contributed by atoms with Crippen LogP contribution in [0.3, 0.4) is 0 Å². The standard InChI is InChI=1S/C15H12ClF2O/c16-14-4-2-1-3-12(14)9-11-5-7-13(8-6-11)19-10-15(17)18/h1-3,5-8,15H,9-10H2. The zero-order chi connectivity index (χ0) is 13.7. The van der Waals surface area contributed by atoms with Crippen LogP contribution in [0, 0.1) is 6.07 Å². The number of rotatable bonds is 5. The molecule has 19 heavy (non-hydrogen) atoms. The Morgan fingerprint density at radius 2 is 1.89 bits per heavy atom. The average Bonchev–Trinajstić information content (AvgIpc) is 2.40. The van der Waals surface area contributed by atoms with Crippen molar-refractivity contribution in [2.45, 2.75) is 12.8 Å². The van der Waals surface area contributed by atoms with E-state index in [0.717, 1.165) is 11.1 Å². The van der Waals surface area contributed by atoms with Gasteiger partial charge in [-0.15, -0.1) is 0 Å². The molecule has 2 aromatic rings. The van der Waals surface area contributed by atoms with Crippen molar-refractivity contribution in [2.75, 3.05) is 6.61 Å². The van der Waals surface area contributed by atoms with Gasteiger partial charge in [0.05, 0.1) is 5.02 Å². The third-order valence-corrected chi connectivity index (χ3v) is 2.93. The molecular weight excluding hydrogens is 270 g/mol. The summed E-state index contributed by atoms with van der Waals surface area (Å²) in [6.07, 6.45) is -1.79. The van der Waals surface area contributed by atoms with Gasteiger partial charge in [-0.3, -0.25) is 0 Å². The average molecular weight is 282 g/mol. The van der Waals surface area contributed by atoms with Crippen LogP contribution >= 0.6 is 11.6 Å². The van der Waals surface area contributed by atoms with E-state index in [1.165, 1.54) is 0 Å². The van der Waals surface area contributed by atoms with Crippen LogP contribution in [0.25, 0.3) is 0 Å². The van der Waals surface area contributed by atoms with E-state index in [1.54, 1.807) is 18.2 Å². The number of hydrogen-bond acceptors (Lipinski definition) is 1. The summed E-state index contributed by atoms with van der Waals surface area (Å²) in [5, 5.41) is 0.598. The molecule has 0 heterocycles. The summed E-state index contributed by atoms with van der Waals surface area (Å²) in [6.45, 7) is -0.585. The fourth-order valence-corrected chi connectivity index (χ4v) is 1.86. The van der Waals surface area contributed by atoms with Crippen molar-refractivity contribution >= 4 is 11.6 Å². The summed E-state index contributed by atoms with van der Waals surface area (Å²) in [5.74, 6) is 0.440. The predicted molar refractivity (Wildman–Crippen MR) is 71.0 cm³/mol. The topological polar surface area (TPSA) is 9.23 Å². The van der Waals surface area contributed by atoms with Crippen molar-refractivity contribution < 1.29 is 13.5 Å². The second-order valence-electron chi connectivity index (χ2n) is 4.03. The molecule has 0 saturated carbocycles. The van der Waals surface area contributed by atoms with Crippen LogP contribution in [0.15, 0.2) is 42.5 Å². The van der Waals surface area contributed by atoms with Gasteiger partial charge in [-0.1, -0.05) is 41.9 Å². The van der Waals surface area contributed by atoms with Crippen molar-refractivity contribution in [3.63, 3.8) is 0 Å². The first-order valence-corrected chi connectivity index (χ1v) is 6.18. The Kier molecular flexibility index (Phi) is 4.74. The molecule has 0 bridgehead atoms. The van der Waals surface area contributed by atoms with Gasteiger partial charge >= 0.3 is 0 Å². The van der Waals surface area contributed by atoms with E-state index in [0.29, 0.717) is 17.2 Å². The summed E-state index contributed by atoms with van der Waals surface area (Å²) in [6, 6.07) is 15.5. The highest BCUT2D eigenvalue weighted by molar-refractivity contribution is 6.31. The largest absolute Gasteiger partial charge is 0.488 e. The van der Waals surface area contributed by atoms with Gasteiger partial charge in [-0.25, -0.2) is 8.78 Å². The molecule has 0 fully saturated rings. The maximum Gasteiger partial charge on any atom is 0.272 e. The minimum atomic E-state index is -2.46. The molecular formula is C15H12ClF2O. The van der Waals surface area contributed by atoms with Crippen molar-refractivity contribution in [1.82, 2.24) is 0 Å². The van der Waals surface area contributed by atoms with Crippen LogP contribution in [-0.4, -0.2) is 13.0 Å². The lowest BCUT2D eigenvalue weighted by Gasteiger charge is -2.07. The van der Waals surface area contributed by atoms with E-state index >= 15 is 0 Å². The molecule has 99 valence electrons. The maximum absolute atomic E-state index is 12.0. The highest BCUT2D eigenvalue weighted by Gasteiger charge is 2.04. The Labute approximate surface area is 115 Å². The zero-order valence-corrected chi connectivity index (χ0v) is 10.8. The molecule has 2 rings (SSSR count). The molecule has 2 aromatic carbocycles. The lowest BCUT2D eigenvalue weighted by Crippen LogP contribution is -2.06. The molecule has 1 radical (unpaired) electrons. The predicted octanol–water partition coefficient (Wildman–Crippen LogP) is 4.37. The summed E-state index contributed by atoms with van der Waals surface area (Å²) >= 11 is 6.03. The molecule has 0 unspecified atom stereocenters. The number of alkyl halides is 2. The Morgan fingerprint density at radius 1 is 1.16 bits per heavy atom. The molecule has 1 nitrogen and oxygen atoms in total. The van der Waals surface area contributed by atoms with Crippen molar-refractivity contribution in [1.29, 1.82) is 0 Å². The minimum absolute atomic E-state index is 0.440. The van der Waals surface area contributed by atoms with E-state index in [4.69, 9.17) is 16.3 Å². The first kappa shape index (κ1) is 13.8. The van der Waals surface area contributed by atoms with Gasteiger partial charge in [-0.2, -0.15) is 0 Å². The number of hydrogen-bond donors (Lipinski definition) is 0. The second-order valence-corrected chi connectivity index (χ2v) is 4.41. The SMILES string of the molecule is FC(F)COc1ccc(Cc2ccc[c]c2Cl)cc1. The highest BCUT2D eigenvalue weighted by atomic mass is 35.5. The maximum atomic E-state index is 12.0. The highest BCUT2D eigenvalue weighted by Crippen LogP contribution is 2.20. The van der Waals surface area contributed by atoms with Crippen LogP contribution in [0.2, 0.25) is 5.02 Å². The van der Waals surface area contributed by atoms with Crippen LogP contribution in [0.1, 0.15) is 11.1 Å². The van der Waals surface area contributed by atoms with Crippen LogP contribution < -0.4 is 4.74 Å². The van der Waals surface area contributed by atoms with E-state index in [1.807, 2.05) is 24.3 Å². The Morgan fingerprint density at radius 3 is 2.53 bits per heavy atom. The lowest BCUT2D eigenvalue weighted by molar-refractivity contribution is 0.0819. The molecule has 0 N–H and O–H groups in total. The second kappa shape index (κ2) is 6.53. The number of halogens is 3. The quantitative estimate of drug-likeness (QED) is 0.790. The normalized spacial score (nSPS) is 10.7. The monoisotopic (exact) mass is 281 g/mol. The van der Waals surface area contributed by atoms with Gasteiger partial charge in [0, 0.05) is 6.07 Å². The Hall–Kier alpha value is -1.61. The van der Waals surface area contributed by atoms with Crippen molar-refractivity contribution in [3.8, 4) is 5.75 Å². The van der Waals surface area contributed by atoms with Crippen molar-refractivity contribution in [3.05, 3.63) is 64.7 Å². The van der Waals surface area contributed by atoms with Gasteiger partial charge in [-0.05, 0) is 29.7 Å². The fraction of sp³-hybridized carbons (Fsp3) is 0.200. The zero-order valence-electron chi connectivity index (χ0n) is 10.1. The van der Waals surface area contributed by atoms with E-state index in [9.17, 15) is 8.78 Å². The summed E-state index contributed by atoms with van der Waals surface area (Å²) in [4.78, 5) is 0. The molecule has 0 aliphatic rings. The smallest absolute Gasteiger partial charge is 0.272 e. The van der Waals surface area contributed by atoms with E-state index < -0.39 is 13.0 Å². The Balaban J connectivity index is 2.01. The summed E-state index contributed by atoms with van der Waals surface area (Å²) < 4.78 is 28.9. The third kappa shape index (κ3) is 4.21. The first-order valence-electron chi connectivity index (χ1n) is 5.80. The van der Waals surface area contributed by atoms with Gasteiger partial charge in [0.1, 0.15) is 12.4 Å². The molecule has 0 amide bonds. The lowest BCUT2D eigenvalue weighted by atomic mass is 10.1. The molecule has 0 aliphatic carbocycles. The van der Waals surface area contributed by atoms with Crippen LogP contribution in [-0.2, 0) is 6.42 Å². The van der Waals surface area contributed by atoms with Crippen LogP contribution in [0.4, 0.5) is 8.78 Å². The third-order valence-electron chi connectivity index (χ3n) is 2.58. The first-order chi connectivity index (χ1) is 9.15. The summed E-state index contributed by atoms with van der Waals surface area (Å²) in [7, 11) is 0. The van der Waals surface area contributed by atoms with Gasteiger partial charge in [0.15, 0.2) is 0 Å². The molecule has 0 spiro atoms. The van der Waals surface area contributed by atoms with Crippen molar-refractivity contribution in [2.24, 2.45) is 0 Å². The molecule has 0 aromatic heterocycles.